The molecule has 3 fully saturated rings. The van der Waals surface area contributed by atoms with Gasteiger partial charge < -0.3 is 14.4 Å². The Morgan fingerprint density at radius 1 is 1.16 bits per heavy atom. The van der Waals surface area contributed by atoms with E-state index in [9.17, 15) is 15.2 Å². The van der Waals surface area contributed by atoms with Crippen LogP contribution in [0.25, 0.3) is 0 Å². The van der Waals surface area contributed by atoms with Gasteiger partial charge in [-0.2, -0.15) is 5.26 Å². The lowest BCUT2D eigenvalue weighted by Crippen LogP contribution is -2.47. The Morgan fingerprint density at radius 2 is 1.81 bits per heavy atom. The van der Waals surface area contributed by atoms with Crippen molar-refractivity contribution in [3.05, 3.63) is 53.1 Å². The number of hydrogen-bond donors (Lipinski definition) is 1. The second-order valence-corrected chi connectivity index (χ2v) is 10.0. The predicted molar refractivity (Wildman–Crippen MR) is 119 cm³/mol. The first-order valence-corrected chi connectivity index (χ1v) is 11.9. The topological polar surface area (TPSA) is 88.1 Å². The first-order chi connectivity index (χ1) is 15.5. The van der Waals surface area contributed by atoms with E-state index in [1.165, 1.54) is 25.7 Å². The summed E-state index contributed by atoms with van der Waals surface area (Å²) in [6, 6.07) is 12.0. The number of nitriles is 1. The van der Waals surface area contributed by atoms with Gasteiger partial charge in [0.05, 0.1) is 17.7 Å². The number of carboxylic acid groups (broad SMARTS) is 1. The Hall–Kier alpha value is -2.65. The summed E-state index contributed by atoms with van der Waals surface area (Å²) in [5.41, 5.74) is 0.688. The minimum atomic E-state index is -0.908. The molecule has 0 amide bonds. The third kappa shape index (κ3) is 3.73. The van der Waals surface area contributed by atoms with Gasteiger partial charge in [0.15, 0.2) is 0 Å². The zero-order valence-corrected chi connectivity index (χ0v) is 18.7. The molecule has 0 aliphatic heterocycles. The molecule has 0 bridgehead atoms. The van der Waals surface area contributed by atoms with Crippen LogP contribution in [0.3, 0.4) is 0 Å². The fourth-order valence-corrected chi connectivity index (χ4v) is 5.26. The van der Waals surface area contributed by atoms with Gasteiger partial charge in [0, 0.05) is 6.54 Å². The van der Waals surface area contributed by atoms with Crippen molar-refractivity contribution in [1.29, 1.82) is 5.26 Å². The molecule has 6 nitrogen and oxygen atoms in total. The van der Waals surface area contributed by atoms with E-state index < -0.39 is 17.0 Å². The van der Waals surface area contributed by atoms with E-state index in [1.807, 2.05) is 37.3 Å². The summed E-state index contributed by atoms with van der Waals surface area (Å²) in [7, 11) is 0. The molecule has 32 heavy (non-hydrogen) atoms. The van der Waals surface area contributed by atoms with E-state index in [1.54, 1.807) is 0 Å². The number of rotatable bonds is 8. The normalized spacial score (nSPS) is 27.8. The van der Waals surface area contributed by atoms with Crippen LogP contribution in [-0.2, 0) is 27.1 Å². The first-order valence-electron chi connectivity index (χ1n) is 11.9. The van der Waals surface area contributed by atoms with Gasteiger partial charge in [-0.15, -0.1) is 0 Å². The Balaban J connectivity index is 1.52. The molecule has 3 saturated carbocycles. The van der Waals surface area contributed by atoms with Crippen molar-refractivity contribution >= 4 is 5.97 Å². The fraction of sp³-hybridized carbons (Fsp3) is 0.577. The highest BCUT2D eigenvalue weighted by atomic mass is 16.5. The summed E-state index contributed by atoms with van der Waals surface area (Å²) >= 11 is 0. The summed E-state index contributed by atoms with van der Waals surface area (Å²) in [6.07, 6.45) is 6.93. The number of nitrogens with zero attached hydrogens (tertiary/aromatic N) is 3. The maximum absolute atomic E-state index is 12.5. The quantitative estimate of drug-likeness (QED) is 0.652. The molecule has 1 aromatic heterocycles. The lowest BCUT2D eigenvalue weighted by atomic mass is 9.65. The number of carbonyl (C=O) groups is 1. The van der Waals surface area contributed by atoms with E-state index in [4.69, 9.17) is 9.72 Å². The van der Waals surface area contributed by atoms with Crippen LogP contribution >= 0.6 is 0 Å². The maximum Gasteiger partial charge on any atom is 0.314 e. The van der Waals surface area contributed by atoms with Gasteiger partial charge in [-0.05, 0) is 75.7 Å². The van der Waals surface area contributed by atoms with Crippen molar-refractivity contribution in [3.63, 3.8) is 0 Å². The molecular formula is C26H31N3O3. The Labute approximate surface area is 189 Å². The van der Waals surface area contributed by atoms with Crippen molar-refractivity contribution in [2.24, 2.45) is 11.8 Å². The van der Waals surface area contributed by atoms with Crippen LogP contribution in [0.4, 0.5) is 0 Å². The summed E-state index contributed by atoms with van der Waals surface area (Å²) in [4.78, 5) is 17.4. The van der Waals surface area contributed by atoms with Crippen LogP contribution in [0.5, 0.6) is 0 Å². The van der Waals surface area contributed by atoms with E-state index in [-0.39, 0.29) is 0 Å². The molecule has 0 saturated heterocycles. The first kappa shape index (κ1) is 21.2. The molecule has 1 N–H and O–H groups in total. The monoisotopic (exact) mass is 433 g/mol. The second-order valence-electron chi connectivity index (χ2n) is 10.0. The van der Waals surface area contributed by atoms with Crippen LogP contribution in [0.1, 0.15) is 74.1 Å². The lowest BCUT2D eigenvalue weighted by molar-refractivity contribution is -0.151. The van der Waals surface area contributed by atoms with Crippen LogP contribution in [0, 0.1) is 30.1 Å². The fourth-order valence-electron chi connectivity index (χ4n) is 5.26. The Morgan fingerprint density at radius 3 is 2.38 bits per heavy atom. The summed E-state index contributed by atoms with van der Waals surface area (Å²) in [5, 5.41) is 20.1. The van der Waals surface area contributed by atoms with Crippen molar-refractivity contribution in [2.45, 2.75) is 75.9 Å². The van der Waals surface area contributed by atoms with Gasteiger partial charge in [-0.3, -0.25) is 4.79 Å². The highest BCUT2D eigenvalue weighted by Crippen LogP contribution is 2.50. The molecule has 2 aromatic rings. The number of imidazole rings is 1. The van der Waals surface area contributed by atoms with Crippen LogP contribution in [0.2, 0.25) is 0 Å². The number of aromatic nitrogens is 2. The predicted octanol–water partition coefficient (Wildman–Crippen LogP) is 4.69. The van der Waals surface area contributed by atoms with Crippen molar-refractivity contribution in [3.8, 4) is 6.07 Å². The van der Waals surface area contributed by atoms with E-state index in [0.29, 0.717) is 49.8 Å². The van der Waals surface area contributed by atoms with Crippen LogP contribution in [0.15, 0.2) is 30.3 Å². The summed E-state index contributed by atoms with van der Waals surface area (Å²) in [5.74, 6) is 1.26. The van der Waals surface area contributed by atoms with Gasteiger partial charge in [0.2, 0.25) is 0 Å². The number of aryl methyl sites for hydroxylation is 1. The standard InChI is InChI=1S/C26H31N3O3/c1-18-22(15-27)29(16-19-7-8-19)23(28-18)26(32-17-20-9-10-20)13-11-25(12-14-26,24(30)31)21-5-3-2-4-6-21/h2-6,19-20H,7-14,16-17H2,1H3,(H,30,31). The van der Waals surface area contributed by atoms with Gasteiger partial charge in [-0.1, -0.05) is 30.3 Å². The minimum Gasteiger partial charge on any atom is -0.481 e. The third-order valence-electron chi connectivity index (χ3n) is 7.73. The molecule has 1 aromatic carbocycles. The molecule has 3 aliphatic carbocycles. The Kier molecular flexibility index (Phi) is 5.33. The molecule has 0 radical (unpaired) electrons. The average Bonchev–Trinajstić information content (AvgIpc) is 3.73. The summed E-state index contributed by atoms with van der Waals surface area (Å²) in [6.45, 7) is 3.38. The molecule has 3 aliphatic rings. The average molecular weight is 434 g/mol. The number of ether oxygens (including phenoxy) is 1. The minimum absolute atomic E-state index is 0.494. The molecule has 5 rings (SSSR count). The zero-order chi connectivity index (χ0) is 22.3. The molecule has 0 unspecified atom stereocenters. The molecule has 0 atom stereocenters. The molecular weight excluding hydrogens is 402 g/mol. The lowest BCUT2D eigenvalue weighted by Gasteiger charge is -2.44. The second kappa shape index (κ2) is 8.04. The largest absolute Gasteiger partial charge is 0.481 e. The van der Waals surface area contributed by atoms with Gasteiger partial charge in [0.1, 0.15) is 23.2 Å². The van der Waals surface area contributed by atoms with Gasteiger partial charge in [-0.25, -0.2) is 4.98 Å². The number of benzene rings is 1. The summed E-state index contributed by atoms with van der Waals surface area (Å²) < 4.78 is 8.75. The molecule has 1 heterocycles. The van der Waals surface area contributed by atoms with Crippen molar-refractivity contribution < 1.29 is 14.6 Å². The number of aliphatic carboxylic acids is 1. The molecule has 6 heteroatoms. The highest BCUT2D eigenvalue weighted by Gasteiger charge is 2.52. The molecule has 168 valence electrons. The van der Waals surface area contributed by atoms with Crippen molar-refractivity contribution in [2.75, 3.05) is 6.61 Å². The van der Waals surface area contributed by atoms with Crippen LogP contribution < -0.4 is 0 Å². The van der Waals surface area contributed by atoms with E-state index in [0.717, 1.165) is 23.6 Å². The van der Waals surface area contributed by atoms with E-state index in [2.05, 4.69) is 10.6 Å². The number of hydrogen-bond acceptors (Lipinski definition) is 4. The van der Waals surface area contributed by atoms with Crippen LogP contribution in [-0.4, -0.2) is 27.2 Å². The van der Waals surface area contributed by atoms with Gasteiger partial charge in [0.25, 0.3) is 0 Å². The highest BCUT2D eigenvalue weighted by molar-refractivity contribution is 5.81. The Bertz CT molecular complexity index is 1040. The van der Waals surface area contributed by atoms with Crippen molar-refractivity contribution in [1.82, 2.24) is 9.55 Å². The smallest absolute Gasteiger partial charge is 0.314 e. The SMILES string of the molecule is Cc1nc(C2(OCC3CC3)CCC(C(=O)O)(c3ccccc3)CC2)n(CC2CC2)c1C#N. The van der Waals surface area contributed by atoms with E-state index >= 15 is 0 Å². The number of carboxylic acids is 1. The molecule has 0 spiro atoms. The third-order valence-corrected chi connectivity index (χ3v) is 7.73. The zero-order valence-electron chi connectivity index (χ0n) is 18.7. The van der Waals surface area contributed by atoms with Gasteiger partial charge >= 0.3 is 5.97 Å². The maximum atomic E-state index is 12.5.